The zero-order valence-electron chi connectivity index (χ0n) is 24.3. The van der Waals surface area contributed by atoms with Crippen LogP contribution in [0.1, 0.15) is 18.4 Å². The number of aliphatic imine (C=N–C) groups is 2. The van der Waals surface area contributed by atoms with Crippen molar-refractivity contribution in [3.63, 3.8) is 0 Å². The Labute approximate surface area is 251 Å². The summed E-state index contributed by atoms with van der Waals surface area (Å²) in [7, 11) is 5.21. The summed E-state index contributed by atoms with van der Waals surface area (Å²) in [5.74, 6) is -0.226. The predicted octanol–water partition coefficient (Wildman–Crippen LogP) is 0.360. The molecule has 15 heteroatoms. The van der Waals surface area contributed by atoms with Crippen molar-refractivity contribution in [2.24, 2.45) is 27.2 Å². The number of amides is 2. The number of allylic oxidation sites excluding steroid dienone is 1. The van der Waals surface area contributed by atoms with Crippen molar-refractivity contribution in [3.8, 4) is 5.75 Å². The van der Waals surface area contributed by atoms with Crippen LogP contribution in [-0.2, 0) is 30.6 Å². The molecule has 2 amide bonds. The van der Waals surface area contributed by atoms with Gasteiger partial charge in [-0.1, -0.05) is 11.6 Å². The van der Waals surface area contributed by atoms with Gasteiger partial charge in [-0.3, -0.25) is 29.2 Å². The minimum absolute atomic E-state index is 0.0605. The van der Waals surface area contributed by atoms with Gasteiger partial charge in [-0.05, 0) is 47.8 Å². The van der Waals surface area contributed by atoms with Crippen molar-refractivity contribution < 1.29 is 33.1 Å². The van der Waals surface area contributed by atoms with Crippen molar-refractivity contribution in [2.45, 2.75) is 19.4 Å². The number of halogens is 1. The van der Waals surface area contributed by atoms with Crippen molar-refractivity contribution in [1.29, 1.82) is 0 Å². The third-order valence-corrected chi connectivity index (χ3v) is 8.79. The highest BCUT2D eigenvalue weighted by Gasteiger charge is 2.70. The lowest BCUT2D eigenvalue weighted by Crippen LogP contribution is -2.69. The highest BCUT2D eigenvalue weighted by molar-refractivity contribution is 6.44. The molecule has 2 heterocycles. The molecule has 3 unspecified atom stereocenters. The largest absolute Gasteiger partial charge is 0.427 e. The van der Waals surface area contributed by atoms with Gasteiger partial charge in [0.25, 0.3) is 18.3 Å². The molecule has 1 aromatic rings. The van der Waals surface area contributed by atoms with Crippen LogP contribution < -0.4 is 31.2 Å². The molecule has 2 aliphatic heterocycles. The third kappa shape index (κ3) is 4.69. The molecule has 0 radical (unpaired) electrons. The molecular weight excluding hydrogens is 575 g/mol. The Morgan fingerprint density at radius 3 is 2.73 bits per heavy atom. The highest BCUT2D eigenvalue weighted by Crippen LogP contribution is 2.76. The maximum absolute atomic E-state index is 14.6. The Morgan fingerprint density at radius 2 is 2.07 bits per heavy atom. The van der Waals surface area contributed by atoms with Gasteiger partial charge >= 0.3 is 6.47 Å². The van der Waals surface area contributed by atoms with Crippen LogP contribution in [-0.4, -0.2) is 75.5 Å². The monoisotopic (exact) mass is 606 g/mol. The number of benzene rings is 1. The van der Waals surface area contributed by atoms with E-state index in [0.717, 1.165) is 24.0 Å². The fourth-order valence-electron chi connectivity index (χ4n) is 6.80. The zero-order chi connectivity index (χ0) is 31.2. The van der Waals surface area contributed by atoms with Crippen LogP contribution in [0.2, 0.25) is 0 Å². The second kappa shape index (κ2) is 11.2. The Morgan fingerprint density at radius 1 is 1.25 bits per heavy atom. The first-order valence-electron chi connectivity index (χ1n) is 14.0. The summed E-state index contributed by atoms with van der Waals surface area (Å²) < 4.78 is 19.7. The molecule has 230 valence electrons. The average molecular weight is 607 g/mol. The van der Waals surface area contributed by atoms with E-state index >= 15 is 0 Å². The van der Waals surface area contributed by atoms with Crippen LogP contribution in [0.25, 0.3) is 0 Å². The minimum atomic E-state index is -0.591. The number of fused-ring (bicyclic) bond motifs is 1. The van der Waals surface area contributed by atoms with E-state index in [0.29, 0.717) is 48.6 Å². The lowest BCUT2D eigenvalue weighted by atomic mass is 9.32. The van der Waals surface area contributed by atoms with E-state index in [9.17, 15) is 23.6 Å². The van der Waals surface area contributed by atoms with Crippen LogP contribution in [0.4, 0.5) is 10.1 Å². The molecule has 14 nitrogen and oxygen atoms in total. The normalized spacial score (nSPS) is 24.4. The van der Waals surface area contributed by atoms with E-state index in [4.69, 9.17) is 4.74 Å². The number of hydrogen-bond donors (Lipinski definition) is 4. The number of carbonyl (C=O) groups excluding carboxylic acids is 4. The van der Waals surface area contributed by atoms with Crippen molar-refractivity contribution in [1.82, 2.24) is 26.5 Å². The quantitative estimate of drug-likeness (QED) is 0.113. The molecule has 2 saturated carbocycles. The molecule has 0 aromatic heterocycles. The molecule has 3 aliphatic carbocycles. The molecule has 44 heavy (non-hydrogen) atoms. The first-order chi connectivity index (χ1) is 21.2. The summed E-state index contributed by atoms with van der Waals surface area (Å²) in [6.07, 6.45) is 2.98. The zero-order valence-corrected chi connectivity index (χ0v) is 24.3. The minimum Gasteiger partial charge on any atom is -0.427 e. The summed E-state index contributed by atoms with van der Waals surface area (Å²) in [6, 6.07) is 5.10. The van der Waals surface area contributed by atoms with Gasteiger partial charge in [0.05, 0.1) is 12.2 Å². The van der Waals surface area contributed by atoms with E-state index in [1.54, 1.807) is 44.2 Å². The maximum atomic E-state index is 14.6. The van der Waals surface area contributed by atoms with Gasteiger partial charge in [0.2, 0.25) is 0 Å². The summed E-state index contributed by atoms with van der Waals surface area (Å²) in [4.78, 5) is 62.7. The van der Waals surface area contributed by atoms with Crippen LogP contribution in [0.15, 0.2) is 62.8 Å². The number of ether oxygens (including phenoxy) is 1. The van der Waals surface area contributed by atoms with E-state index < -0.39 is 17.6 Å². The summed E-state index contributed by atoms with van der Waals surface area (Å²) in [6.45, 7) is 1.03. The van der Waals surface area contributed by atoms with Crippen LogP contribution >= 0.6 is 0 Å². The van der Waals surface area contributed by atoms with Crippen LogP contribution in [0.3, 0.4) is 0 Å². The van der Waals surface area contributed by atoms with E-state index in [2.05, 4.69) is 36.4 Å². The lowest BCUT2D eigenvalue weighted by Gasteiger charge is -2.72. The van der Waals surface area contributed by atoms with Gasteiger partial charge in [-0.25, -0.2) is 20.3 Å². The Bertz CT molecular complexity index is 1610. The fourth-order valence-corrected chi connectivity index (χ4v) is 6.80. The molecule has 0 saturated heterocycles. The molecule has 0 spiro atoms. The number of carbonyl (C=O) groups is 4. The first-order valence-corrected chi connectivity index (χ1v) is 14.0. The molecule has 0 bridgehead atoms. The Balaban J connectivity index is 1.11. The Kier molecular flexibility index (Phi) is 7.41. The Hall–Kier alpha value is -5.05. The standard InChI is InChI=1S/C29H31FN8O6/c1-31-25(36-44-14-40)23-16-8-29(9-17(23)24(16)29)12-33-28(42)21-7-19(35-26-18(30)11-34-38(21)26)27(41)32-10-15-4-5-22(43-13-39)20(6-15)37(2)3/h4-7,13-14,16,24,34H,8-12H2,1-3H3,(H,31,36)(H,32,41)(H,33,42). The maximum Gasteiger partial charge on any atom is 0.320 e. The van der Waals surface area contributed by atoms with E-state index in [1.807, 2.05) is 0 Å². The number of anilines is 1. The van der Waals surface area contributed by atoms with Crippen molar-refractivity contribution in [3.05, 3.63) is 58.3 Å². The van der Waals surface area contributed by atoms with Gasteiger partial charge in [0.1, 0.15) is 11.4 Å². The SMILES string of the molecule is CN=C(NOC=O)C1=C2CC3(CNC(=O)C4=CC(C(=O)NCc5ccc(OC=O)c(N(C)C)c5)=NC5=C(F)CNN45)CC1C23. The fraction of sp³-hybridized carbons (Fsp3) is 0.379. The van der Waals surface area contributed by atoms with Crippen LogP contribution in [0.5, 0.6) is 5.75 Å². The van der Waals surface area contributed by atoms with E-state index in [1.165, 1.54) is 16.7 Å². The second-order valence-electron chi connectivity index (χ2n) is 11.4. The van der Waals surface area contributed by atoms with Gasteiger partial charge in [-0.15, -0.1) is 0 Å². The van der Waals surface area contributed by atoms with Gasteiger partial charge in [0, 0.05) is 45.9 Å². The van der Waals surface area contributed by atoms with Crippen LogP contribution in [0, 0.1) is 17.3 Å². The topological polar surface area (TPSA) is 166 Å². The lowest BCUT2D eigenvalue weighted by molar-refractivity contribution is -0.132. The number of nitrogens with one attached hydrogen (secondary N) is 4. The molecule has 4 N–H and O–H groups in total. The molecule has 3 atom stereocenters. The second-order valence-corrected chi connectivity index (χ2v) is 11.4. The van der Waals surface area contributed by atoms with Gasteiger partial charge < -0.3 is 25.1 Å². The molecule has 6 rings (SSSR count). The van der Waals surface area contributed by atoms with E-state index in [-0.39, 0.29) is 35.7 Å². The number of hydrogen-bond acceptors (Lipinski definition) is 11. The number of nitrogens with zero attached hydrogens (tertiary/aromatic N) is 4. The molecular formula is C29H31FN8O6. The number of hydrazine groups is 1. The summed E-state index contributed by atoms with van der Waals surface area (Å²) >= 11 is 0. The number of amidine groups is 1. The molecule has 2 fully saturated rings. The average Bonchev–Trinajstić information content (AvgIpc) is 3.39. The number of rotatable bonds is 12. The first kappa shape index (κ1) is 29.0. The highest BCUT2D eigenvalue weighted by atomic mass is 19.1. The molecule has 1 aromatic carbocycles. The van der Waals surface area contributed by atoms with Gasteiger partial charge in [0.15, 0.2) is 23.2 Å². The van der Waals surface area contributed by atoms with Crippen molar-refractivity contribution >= 4 is 42.0 Å². The summed E-state index contributed by atoms with van der Waals surface area (Å²) in [5, 5.41) is 7.01. The van der Waals surface area contributed by atoms with Crippen molar-refractivity contribution in [2.75, 3.05) is 39.1 Å². The molecule has 5 aliphatic rings. The summed E-state index contributed by atoms with van der Waals surface area (Å²) in [5.41, 5.74) is 8.96. The predicted molar refractivity (Wildman–Crippen MR) is 155 cm³/mol. The number of hydroxylamine groups is 1. The van der Waals surface area contributed by atoms with Gasteiger partial charge in [-0.2, -0.15) is 0 Å². The third-order valence-electron chi connectivity index (χ3n) is 8.79. The smallest absolute Gasteiger partial charge is 0.320 e.